The van der Waals surface area contributed by atoms with Crippen molar-refractivity contribution in [2.24, 2.45) is 0 Å². The normalized spacial score (nSPS) is 15.6. The van der Waals surface area contributed by atoms with Gasteiger partial charge < -0.3 is 15.4 Å². The van der Waals surface area contributed by atoms with Gasteiger partial charge >= 0.3 is 0 Å². The Morgan fingerprint density at radius 3 is 2.35 bits per heavy atom. The van der Waals surface area contributed by atoms with Gasteiger partial charge in [-0.25, -0.2) is 0 Å². The second kappa shape index (κ2) is 5.06. The summed E-state index contributed by atoms with van der Waals surface area (Å²) in [6, 6.07) is 3.97. The van der Waals surface area contributed by atoms with Crippen LogP contribution < -0.4 is 10.6 Å². The summed E-state index contributed by atoms with van der Waals surface area (Å²) in [5.41, 5.74) is 9.87. The molecule has 0 saturated carbocycles. The highest BCUT2D eigenvalue weighted by molar-refractivity contribution is 5.82. The molecule has 1 aliphatic rings. The van der Waals surface area contributed by atoms with Gasteiger partial charge in [0, 0.05) is 35.6 Å². The molecule has 0 aliphatic carbocycles. The summed E-state index contributed by atoms with van der Waals surface area (Å²) in [7, 11) is 0. The molecule has 1 fully saturated rings. The number of nitrogens with two attached hydrogens (primary N) is 1. The van der Waals surface area contributed by atoms with E-state index in [1.807, 2.05) is 18.2 Å². The highest BCUT2D eigenvalue weighted by atomic mass is 16.5. The van der Waals surface area contributed by atoms with Crippen molar-refractivity contribution in [2.75, 3.05) is 36.9 Å². The molecule has 0 amide bonds. The van der Waals surface area contributed by atoms with Gasteiger partial charge in [-0.1, -0.05) is 25.3 Å². The number of morpholine rings is 1. The fourth-order valence-electron chi connectivity index (χ4n) is 2.16. The van der Waals surface area contributed by atoms with Crippen molar-refractivity contribution >= 4 is 23.5 Å². The minimum atomic E-state index is 0.743. The van der Waals surface area contributed by atoms with Gasteiger partial charge in [0.25, 0.3) is 0 Å². The lowest BCUT2D eigenvalue weighted by Gasteiger charge is -2.31. The molecule has 1 aromatic carbocycles. The maximum absolute atomic E-state index is 5.94. The maximum atomic E-state index is 5.94. The van der Waals surface area contributed by atoms with E-state index in [4.69, 9.17) is 10.5 Å². The Bertz CT molecular complexity index is 434. The number of anilines is 2. The van der Waals surface area contributed by atoms with Crippen LogP contribution in [0.4, 0.5) is 11.4 Å². The Hall–Kier alpha value is -1.74. The molecular weight excluding hydrogens is 212 g/mol. The number of ether oxygens (including phenoxy) is 1. The first-order valence-electron chi connectivity index (χ1n) is 5.78. The van der Waals surface area contributed by atoms with Crippen molar-refractivity contribution in [2.45, 2.75) is 0 Å². The van der Waals surface area contributed by atoms with Crippen LogP contribution in [0.25, 0.3) is 12.2 Å². The van der Waals surface area contributed by atoms with E-state index < -0.39 is 0 Å². The second-order valence-corrected chi connectivity index (χ2v) is 4.01. The zero-order valence-electron chi connectivity index (χ0n) is 9.98. The molecule has 0 radical (unpaired) electrons. The van der Waals surface area contributed by atoms with Crippen LogP contribution >= 0.6 is 0 Å². The summed E-state index contributed by atoms with van der Waals surface area (Å²) in [6.45, 7) is 11.0. The SMILES string of the molecule is C=Cc1c(N)ccc(N2CCOCC2)c1C=C. The summed E-state index contributed by atoms with van der Waals surface area (Å²) >= 11 is 0. The smallest absolute Gasteiger partial charge is 0.0642 e. The Kier molecular flexibility index (Phi) is 3.49. The summed E-state index contributed by atoms with van der Waals surface area (Å²) in [5, 5.41) is 0. The largest absolute Gasteiger partial charge is 0.398 e. The van der Waals surface area contributed by atoms with E-state index in [2.05, 4.69) is 18.1 Å². The molecule has 1 aliphatic heterocycles. The van der Waals surface area contributed by atoms with Crippen LogP contribution in [0.15, 0.2) is 25.3 Å². The first-order chi connectivity index (χ1) is 8.27. The molecule has 17 heavy (non-hydrogen) atoms. The van der Waals surface area contributed by atoms with Crippen LogP contribution in [0, 0.1) is 0 Å². The van der Waals surface area contributed by atoms with Crippen LogP contribution in [0.3, 0.4) is 0 Å². The quantitative estimate of drug-likeness (QED) is 0.810. The van der Waals surface area contributed by atoms with Crippen LogP contribution in [0.1, 0.15) is 11.1 Å². The molecule has 2 N–H and O–H groups in total. The fraction of sp³-hybridized carbons (Fsp3) is 0.286. The minimum absolute atomic E-state index is 0.743. The number of hydrogen-bond acceptors (Lipinski definition) is 3. The van der Waals surface area contributed by atoms with Crippen molar-refractivity contribution in [1.29, 1.82) is 0 Å². The Labute approximate surface area is 102 Å². The summed E-state index contributed by atoms with van der Waals surface area (Å²) in [6.07, 6.45) is 3.63. The van der Waals surface area contributed by atoms with E-state index in [1.54, 1.807) is 6.08 Å². The molecule has 90 valence electrons. The number of nitrogens with zero attached hydrogens (tertiary/aromatic N) is 1. The molecule has 1 heterocycles. The molecule has 3 nitrogen and oxygen atoms in total. The van der Waals surface area contributed by atoms with Crippen molar-refractivity contribution < 1.29 is 4.74 Å². The highest BCUT2D eigenvalue weighted by Gasteiger charge is 2.15. The van der Waals surface area contributed by atoms with E-state index in [0.29, 0.717) is 0 Å². The van der Waals surface area contributed by atoms with Gasteiger partial charge in [-0.05, 0) is 12.1 Å². The molecular formula is C14H18N2O. The van der Waals surface area contributed by atoms with Crippen LogP contribution in [-0.2, 0) is 4.74 Å². The van der Waals surface area contributed by atoms with Gasteiger partial charge in [0.1, 0.15) is 0 Å². The molecule has 2 rings (SSSR count). The molecule has 0 unspecified atom stereocenters. The van der Waals surface area contributed by atoms with E-state index in [1.165, 1.54) is 0 Å². The third-order valence-electron chi connectivity index (χ3n) is 3.06. The van der Waals surface area contributed by atoms with Gasteiger partial charge in [-0.15, -0.1) is 0 Å². The van der Waals surface area contributed by atoms with Crippen molar-refractivity contribution in [3.8, 4) is 0 Å². The fourth-order valence-corrected chi connectivity index (χ4v) is 2.16. The molecule has 0 bridgehead atoms. The minimum Gasteiger partial charge on any atom is -0.398 e. The number of rotatable bonds is 3. The third kappa shape index (κ3) is 2.19. The zero-order chi connectivity index (χ0) is 12.3. The molecule has 0 aromatic heterocycles. The van der Waals surface area contributed by atoms with E-state index in [-0.39, 0.29) is 0 Å². The molecule has 0 atom stereocenters. The lowest BCUT2D eigenvalue weighted by Crippen LogP contribution is -2.36. The lowest BCUT2D eigenvalue weighted by molar-refractivity contribution is 0.122. The Balaban J connectivity index is 2.45. The third-order valence-corrected chi connectivity index (χ3v) is 3.06. The molecule has 0 spiro atoms. The van der Waals surface area contributed by atoms with Gasteiger partial charge in [0.05, 0.1) is 13.2 Å². The van der Waals surface area contributed by atoms with Crippen molar-refractivity contribution in [3.05, 3.63) is 36.4 Å². The number of benzene rings is 1. The predicted octanol–water partition coefficient (Wildman–Crippen LogP) is 2.39. The Morgan fingerprint density at radius 2 is 1.76 bits per heavy atom. The van der Waals surface area contributed by atoms with Gasteiger partial charge in [-0.3, -0.25) is 0 Å². The van der Waals surface area contributed by atoms with Gasteiger partial charge in [0.15, 0.2) is 0 Å². The highest BCUT2D eigenvalue weighted by Crippen LogP contribution is 2.30. The number of nitrogen functional groups attached to an aromatic ring is 1. The predicted molar refractivity (Wildman–Crippen MR) is 74.1 cm³/mol. The van der Waals surface area contributed by atoms with Gasteiger partial charge in [-0.2, -0.15) is 0 Å². The van der Waals surface area contributed by atoms with Crippen molar-refractivity contribution in [3.63, 3.8) is 0 Å². The van der Waals surface area contributed by atoms with Crippen LogP contribution in [0.5, 0.6) is 0 Å². The first kappa shape index (κ1) is 11.7. The van der Waals surface area contributed by atoms with Crippen LogP contribution in [-0.4, -0.2) is 26.3 Å². The lowest BCUT2D eigenvalue weighted by atomic mass is 10.0. The van der Waals surface area contributed by atoms with E-state index in [0.717, 1.165) is 48.8 Å². The van der Waals surface area contributed by atoms with E-state index in [9.17, 15) is 0 Å². The van der Waals surface area contributed by atoms with Crippen LogP contribution in [0.2, 0.25) is 0 Å². The monoisotopic (exact) mass is 230 g/mol. The standard InChI is InChI=1S/C14H18N2O/c1-3-11-12(4-2)14(6-5-13(11)15)16-7-9-17-10-8-16/h3-6H,1-2,7-10,15H2. The summed E-state index contributed by atoms with van der Waals surface area (Å²) < 4.78 is 5.36. The summed E-state index contributed by atoms with van der Waals surface area (Å²) in [5.74, 6) is 0. The molecule has 1 aromatic rings. The zero-order valence-corrected chi connectivity index (χ0v) is 9.98. The number of hydrogen-bond donors (Lipinski definition) is 1. The first-order valence-corrected chi connectivity index (χ1v) is 5.78. The van der Waals surface area contributed by atoms with Gasteiger partial charge in [0.2, 0.25) is 0 Å². The molecule has 3 heteroatoms. The molecule has 1 saturated heterocycles. The Morgan fingerprint density at radius 1 is 1.12 bits per heavy atom. The average Bonchev–Trinajstić information content (AvgIpc) is 2.39. The second-order valence-electron chi connectivity index (χ2n) is 4.01. The topological polar surface area (TPSA) is 38.5 Å². The average molecular weight is 230 g/mol. The summed E-state index contributed by atoms with van der Waals surface area (Å²) in [4.78, 5) is 2.30. The van der Waals surface area contributed by atoms with Crippen molar-refractivity contribution in [1.82, 2.24) is 0 Å². The van der Waals surface area contributed by atoms with E-state index >= 15 is 0 Å². The maximum Gasteiger partial charge on any atom is 0.0642 e.